The number of rotatable bonds is 6. The lowest BCUT2D eigenvalue weighted by molar-refractivity contribution is -0.924. The van der Waals surface area contributed by atoms with Gasteiger partial charge in [0.25, 0.3) is 5.91 Å². The predicted molar refractivity (Wildman–Crippen MR) is 101 cm³/mol. The van der Waals surface area contributed by atoms with Gasteiger partial charge >= 0.3 is 0 Å². The molecule has 2 atom stereocenters. The summed E-state index contributed by atoms with van der Waals surface area (Å²) >= 11 is 0. The van der Waals surface area contributed by atoms with E-state index in [4.69, 9.17) is 9.47 Å². The molecule has 1 heterocycles. The third-order valence-corrected chi connectivity index (χ3v) is 5.23. The van der Waals surface area contributed by atoms with E-state index in [0.29, 0.717) is 18.8 Å². The van der Waals surface area contributed by atoms with Crippen molar-refractivity contribution in [2.24, 2.45) is 0 Å². The molecule has 0 aliphatic carbocycles. The number of carbonyl (C=O) groups excluding carboxylic acids is 1. The zero-order valence-corrected chi connectivity index (χ0v) is 16.0. The van der Waals surface area contributed by atoms with E-state index in [9.17, 15) is 9.18 Å². The summed E-state index contributed by atoms with van der Waals surface area (Å²) in [6, 6.07) is 10.4. The second-order valence-corrected chi connectivity index (χ2v) is 6.87. The number of benzene rings is 2. The maximum Gasteiger partial charge on any atom is 0.275 e. The van der Waals surface area contributed by atoms with Crippen LogP contribution in [0.15, 0.2) is 36.4 Å². The lowest BCUT2D eigenvalue weighted by Crippen LogP contribution is -3.14. The summed E-state index contributed by atoms with van der Waals surface area (Å²) in [4.78, 5) is 13.6. The number of nitrogens with one attached hydrogen (secondary N) is 2. The van der Waals surface area contributed by atoms with Gasteiger partial charge in [-0.15, -0.1) is 0 Å². The summed E-state index contributed by atoms with van der Waals surface area (Å²) in [5.41, 5.74) is 3.32. The molecule has 144 valence electrons. The molecule has 27 heavy (non-hydrogen) atoms. The van der Waals surface area contributed by atoms with Gasteiger partial charge in [0, 0.05) is 18.5 Å². The van der Waals surface area contributed by atoms with Gasteiger partial charge < -0.3 is 19.7 Å². The molecule has 0 aromatic heterocycles. The van der Waals surface area contributed by atoms with Gasteiger partial charge in [-0.25, -0.2) is 4.39 Å². The second kappa shape index (κ2) is 8.39. The molecular weight excluding hydrogens is 347 g/mol. The van der Waals surface area contributed by atoms with Crippen LogP contribution in [0.3, 0.4) is 0 Å². The Morgan fingerprint density at radius 2 is 1.85 bits per heavy atom. The van der Waals surface area contributed by atoms with E-state index >= 15 is 0 Å². The van der Waals surface area contributed by atoms with Crippen molar-refractivity contribution < 1.29 is 23.6 Å². The standard InChI is InChI=1S/C21H25FN2O3/c1-14-18-11-20(27-3)19(26-2)10-16(18)8-9-24(14)13-21(25)23-12-15-4-6-17(22)7-5-15/h4-7,10-11,14H,8-9,12-13H2,1-3H3,(H,23,25)/p+1/t14-/m0/s1. The van der Waals surface area contributed by atoms with E-state index in [1.807, 2.05) is 12.1 Å². The molecule has 5 nitrogen and oxygen atoms in total. The maximum absolute atomic E-state index is 13.0. The van der Waals surface area contributed by atoms with Gasteiger partial charge in [0.1, 0.15) is 11.9 Å². The van der Waals surface area contributed by atoms with Crippen molar-refractivity contribution in [3.05, 3.63) is 58.9 Å². The lowest BCUT2D eigenvalue weighted by Gasteiger charge is -2.32. The Bertz CT molecular complexity index is 808. The van der Waals surface area contributed by atoms with Gasteiger partial charge in [-0.05, 0) is 42.3 Å². The first-order chi connectivity index (χ1) is 13.0. The van der Waals surface area contributed by atoms with Crippen LogP contribution in [0.25, 0.3) is 0 Å². The van der Waals surface area contributed by atoms with Gasteiger partial charge in [-0.2, -0.15) is 0 Å². The predicted octanol–water partition coefficient (Wildman–Crippen LogP) is 1.66. The van der Waals surface area contributed by atoms with E-state index in [1.165, 1.54) is 28.2 Å². The smallest absolute Gasteiger partial charge is 0.275 e. The van der Waals surface area contributed by atoms with Gasteiger partial charge in [0.15, 0.2) is 18.0 Å². The topological polar surface area (TPSA) is 52.0 Å². The van der Waals surface area contributed by atoms with Crippen LogP contribution in [0.2, 0.25) is 0 Å². The fourth-order valence-electron chi connectivity index (χ4n) is 3.60. The molecule has 1 unspecified atom stereocenters. The van der Waals surface area contributed by atoms with Crippen LogP contribution in [-0.4, -0.2) is 33.2 Å². The minimum absolute atomic E-state index is 0.00917. The Balaban J connectivity index is 1.63. The molecule has 2 aromatic carbocycles. The number of ether oxygens (including phenoxy) is 2. The number of hydrogen-bond acceptors (Lipinski definition) is 3. The van der Waals surface area contributed by atoms with Crippen molar-refractivity contribution >= 4 is 5.91 Å². The highest BCUT2D eigenvalue weighted by Gasteiger charge is 2.30. The number of halogens is 1. The van der Waals surface area contributed by atoms with Crippen LogP contribution < -0.4 is 19.7 Å². The largest absolute Gasteiger partial charge is 0.493 e. The molecular formula is C21H26FN2O3+. The summed E-state index contributed by atoms with van der Waals surface area (Å²) in [6.07, 6.45) is 0.889. The van der Waals surface area contributed by atoms with E-state index in [1.54, 1.807) is 26.4 Å². The second-order valence-electron chi connectivity index (χ2n) is 6.87. The van der Waals surface area contributed by atoms with Crippen molar-refractivity contribution in [2.45, 2.75) is 25.9 Å². The van der Waals surface area contributed by atoms with Crippen LogP contribution in [0, 0.1) is 5.82 Å². The molecule has 1 aliphatic rings. The van der Waals surface area contributed by atoms with Crippen molar-refractivity contribution in [1.82, 2.24) is 5.32 Å². The number of hydrogen-bond donors (Lipinski definition) is 2. The monoisotopic (exact) mass is 373 g/mol. The van der Waals surface area contributed by atoms with Crippen molar-refractivity contribution in [3.8, 4) is 11.5 Å². The minimum Gasteiger partial charge on any atom is -0.493 e. The summed E-state index contributed by atoms with van der Waals surface area (Å²) in [5.74, 6) is 1.17. The van der Waals surface area contributed by atoms with Crippen LogP contribution in [0.1, 0.15) is 29.7 Å². The highest BCUT2D eigenvalue weighted by atomic mass is 19.1. The Morgan fingerprint density at radius 3 is 2.52 bits per heavy atom. The first-order valence-corrected chi connectivity index (χ1v) is 9.12. The molecule has 0 fully saturated rings. The molecule has 0 spiro atoms. The van der Waals surface area contributed by atoms with Gasteiger partial charge in [0.2, 0.25) is 0 Å². The van der Waals surface area contributed by atoms with Gasteiger partial charge in [-0.3, -0.25) is 4.79 Å². The van der Waals surface area contributed by atoms with Crippen molar-refractivity contribution in [2.75, 3.05) is 27.3 Å². The molecule has 1 aliphatic heterocycles. The molecule has 6 heteroatoms. The third-order valence-electron chi connectivity index (χ3n) is 5.23. The first-order valence-electron chi connectivity index (χ1n) is 9.12. The Hall–Kier alpha value is -2.60. The van der Waals surface area contributed by atoms with E-state index in [2.05, 4.69) is 12.2 Å². The zero-order chi connectivity index (χ0) is 19.4. The maximum atomic E-state index is 13.0. The van der Waals surface area contributed by atoms with Crippen LogP contribution >= 0.6 is 0 Å². The van der Waals surface area contributed by atoms with Crippen molar-refractivity contribution in [3.63, 3.8) is 0 Å². The molecule has 3 rings (SSSR count). The Kier molecular flexibility index (Phi) is 5.96. The Morgan fingerprint density at radius 1 is 1.19 bits per heavy atom. The molecule has 0 saturated heterocycles. The molecule has 0 radical (unpaired) electrons. The highest BCUT2D eigenvalue weighted by molar-refractivity contribution is 5.76. The highest BCUT2D eigenvalue weighted by Crippen LogP contribution is 2.33. The van der Waals surface area contributed by atoms with E-state index in [-0.39, 0.29) is 17.8 Å². The fraction of sp³-hybridized carbons (Fsp3) is 0.381. The van der Waals surface area contributed by atoms with Crippen LogP contribution in [0.5, 0.6) is 11.5 Å². The number of quaternary nitrogens is 1. The van der Waals surface area contributed by atoms with Crippen LogP contribution in [-0.2, 0) is 17.8 Å². The molecule has 0 bridgehead atoms. The summed E-state index contributed by atoms with van der Waals surface area (Å²) in [5, 5.41) is 2.92. The number of carbonyl (C=O) groups is 1. The Labute approximate surface area is 159 Å². The zero-order valence-electron chi connectivity index (χ0n) is 16.0. The molecule has 0 saturated carbocycles. The number of methoxy groups -OCH3 is 2. The lowest BCUT2D eigenvalue weighted by atomic mass is 9.93. The normalized spacial score (nSPS) is 18.5. The quantitative estimate of drug-likeness (QED) is 0.810. The molecule has 2 N–H and O–H groups in total. The summed E-state index contributed by atoms with van der Waals surface area (Å²) in [7, 11) is 3.27. The van der Waals surface area contributed by atoms with E-state index < -0.39 is 0 Å². The van der Waals surface area contributed by atoms with Crippen molar-refractivity contribution in [1.29, 1.82) is 0 Å². The molecule has 1 amide bonds. The third kappa shape index (κ3) is 4.39. The molecule has 2 aromatic rings. The van der Waals surface area contributed by atoms with Crippen LogP contribution in [0.4, 0.5) is 4.39 Å². The van der Waals surface area contributed by atoms with Gasteiger partial charge in [-0.1, -0.05) is 12.1 Å². The first kappa shape index (κ1) is 19.2. The number of fused-ring (bicyclic) bond motifs is 1. The van der Waals surface area contributed by atoms with E-state index in [0.717, 1.165) is 24.3 Å². The average Bonchev–Trinajstić information content (AvgIpc) is 2.69. The number of amides is 1. The fourth-order valence-corrected chi connectivity index (χ4v) is 3.60. The summed E-state index contributed by atoms with van der Waals surface area (Å²) < 4.78 is 23.8. The summed E-state index contributed by atoms with van der Waals surface area (Å²) in [6.45, 7) is 3.82. The SMILES string of the molecule is COc1cc2c(cc1OC)[C@H](C)[NH+](CC(=O)NCc1ccc(F)cc1)CC2. The van der Waals surface area contributed by atoms with Gasteiger partial charge in [0.05, 0.1) is 20.8 Å². The average molecular weight is 373 g/mol. The minimum atomic E-state index is -0.276.